The van der Waals surface area contributed by atoms with Gasteiger partial charge in [0, 0.05) is 6.54 Å². The van der Waals surface area contributed by atoms with E-state index in [-0.39, 0.29) is 30.2 Å². The predicted octanol–water partition coefficient (Wildman–Crippen LogP) is 0.665. The van der Waals surface area contributed by atoms with E-state index in [0.29, 0.717) is 0 Å². The summed E-state index contributed by atoms with van der Waals surface area (Å²) < 4.78 is 30.0. The van der Waals surface area contributed by atoms with Crippen LogP contribution >= 0.6 is 0 Å². The van der Waals surface area contributed by atoms with Crippen LogP contribution in [0.4, 0.5) is 0 Å². The van der Waals surface area contributed by atoms with Crippen molar-refractivity contribution in [1.29, 1.82) is 0 Å². The van der Waals surface area contributed by atoms with Crippen LogP contribution < -0.4 is 0 Å². The van der Waals surface area contributed by atoms with E-state index in [4.69, 9.17) is 4.74 Å². The van der Waals surface area contributed by atoms with E-state index >= 15 is 0 Å². The second kappa shape index (κ2) is 6.58. The standard InChI is InChI=1S/C15H19NO5S/c1-11(17)9-16-10-13(8-14(16)15(18)21-2)22(19,20)12-6-4-3-5-7-12/h3-7,13-14H,8-10H2,1-2H3/t13-,14+/m1/s1. The topological polar surface area (TPSA) is 80.8 Å². The third-order valence-corrected chi connectivity index (χ3v) is 5.92. The number of carbonyl (C=O) groups is 2. The summed E-state index contributed by atoms with van der Waals surface area (Å²) in [5, 5.41) is -0.724. The molecule has 1 aromatic rings. The number of rotatable bonds is 5. The Balaban J connectivity index is 2.27. The maximum absolute atomic E-state index is 12.7. The highest BCUT2D eigenvalue weighted by molar-refractivity contribution is 7.92. The first-order chi connectivity index (χ1) is 10.4. The van der Waals surface area contributed by atoms with E-state index in [1.54, 1.807) is 23.1 Å². The van der Waals surface area contributed by atoms with Crippen molar-refractivity contribution < 1.29 is 22.7 Å². The molecule has 0 radical (unpaired) electrons. The molecule has 0 unspecified atom stereocenters. The molecule has 2 atom stereocenters. The van der Waals surface area contributed by atoms with Crippen LogP contribution in [0.5, 0.6) is 0 Å². The Hall–Kier alpha value is -1.73. The fourth-order valence-corrected chi connectivity index (χ4v) is 4.48. The molecule has 1 aliphatic heterocycles. The fourth-order valence-electron chi connectivity index (χ4n) is 2.73. The summed E-state index contributed by atoms with van der Waals surface area (Å²) >= 11 is 0. The number of methoxy groups -OCH3 is 1. The number of benzene rings is 1. The molecule has 0 aliphatic carbocycles. The van der Waals surface area contributed by atoms with Crippen molar-refractivity contribution in [2.45, 2.75) is 29.5 Å². The van der Waals surface area contributed by atoms with Crippen LogP contribution in [0.15, 0.2) is 35.2 Å². The number of ether oxygens (including phenoxy) is 1. The van der Waals surface area contributed by atoms with Crippen molar-refractivity contribution >= 4 is 21.6 Å². The summed E-state index contributed by atoms with van der Waals surface area (Å²) in [5.41, 5.74) is 0. The van der Waals surface area contributed by atoms with E-state index in [0.717, 1.165) is 0 Å². The molecule has 1 fully saturated rings. The molecule has 120 valence electrons. The van der Waals surface area contributed by atoms with Crippen molar-refractivity contribution in [2.24, 2.45) is 0 Å². The number of hydrogen-bond acceptors (Lipinski definition) is 6. The van der Waals surface area contributed by atoms with Gasteiger partial charge in [-0.2, -0.15) is 0 Å². The highest BCUT2D eigenvalue weighted by Crippen LogP contribution is 2.28. The predicted molar refractivity (Wildman–Crippen MR) is 80.1 cm³/mol. The molecular weight excluding hydrogens is 306 g/mol. The summed E-state index contributed by atoms with van der Waals surface area (Å²) in [4.78, 5) is 25.0. The lowest BCUT2D eigenvalue weighted by Gasteiger charge is -2.20. The number of nitrogens with zero attached hydrogens (tertiary/aromatic N) is 1. The maximum Gasteiger partial charge on any atom is 0.323 e. The zero-order valence-electron chi connectivity index (χ0n) is 12.6. The van der Waals surface area contributed by atoms with Gasteiger partial charge in [-0.3, -0.25) is 14.5 Å². The number of carbonyl (C=O) groups excluding carboxylic acids is 2. The summed E-state index contributed by atoms with van der Waals surface area (Å²) in [6, 6.07) is 7.44. The lowest BCUT2D eigenvalue weighted by atomic mass is 10.2. The van der Waals surface area contributed by atoms with Gasteiger partial charge in [-0.05, 0) is 25.5 Å². The molecule has 1 heterocycles. The van der Waals surface area contributed by atoms with Gasteiger partial charge >= 0.3 is 5.97 Å². The molecule has 2 rings (SSSR count). The van der Waals surface area contributed by atoms with Crippen LogP contribution in [0.25, 0.3) is 0 Å². The van der Waals surface area contributed by atoms with E-state index in [1.165, 1.54) is 26.2 Å². The highest BCUT2D eigenvalue weighted by Gasteiger charge is 2.43. The molecule has 6 nitrogen and oxygen atoms in total. The molecular formula is C15H19NO5S. The summed E-state index contributed by atoms with van der Waals surface area (Å²) in [6.45, 7) is 1.60. The third kappa shape index (κ3) is 3.36. The smallest absolute Gasteiger partial charge is 0.323 e. The first kappa shape index (κ1) is 16.6. The Morgan fingerprint density at radius 1 is 1.27 bits per heavy atom. The summed E-state index contributed by atoms with van der Waals surface area (Å²) in [6.07, 6.45) is 0.136. The molecule has 1 saturated heterocycles. The van der Waals surface area contributed by atoms with Gasteiger partial charge in [-0.15, -0.1) is 0 Å². The minimum atomic E-state index is -3.54. The van der Waals surface area contributed by atoms with Crippen LogP contribution in [-0.4, -0.2) is 56.6 Å². The van der Waals surface area contributed by atoms with Crippen molar-refractivity contribution in [3.05, 3.63) is 30.3 Å². The van der Waals surface area contributed by atoms with Gasteiger partial charge in [-0.25, -0.2) is 8.42 Å². The first-order valence-corrected chi connectivity index (χ1v) is 8.51. The molecule has 0 bridgehead atoms. The normalized spacial score (nSPS) is 22.5. The Morgan fingerprint density at radius 2 is 1.91 bits per heavy atom. The van der Waals surface area contributed by atoms with Crippen LogP contribution in [0.1, 0.15) is 13.3 Å². The first-order valence-electron chi connectivity index (χ1n) is 6.96. The van der Waals surface area contributed by atoms with Gasteiger partial charge < -0.3 is 4.74 Å². The van der Waals surface area contributed by atoms with Crippen LogP contribution in [0.2, 0.25) is 0 Å². The Bertz CT molecular complexity index is 656. The number of Topliss-reactive ketones (excluding diaryl/α,β-unsaturated/α-hetero) is 1. The lowest BCUT2D eigenvalue weighted by Crippen LogP contribution is -2.39. The molecule has 0 N–H and O–H groups in total. The quantitative estimate of drug-likeness (QED) is 0.740. The van der Waals surface area contributed by atoms with Crippen molar-refractivity contribution in [3.8, 4) is 0 Å². The van der Waals surface area contributed by atoms with Gasteiger partial charge in [0.1, 0.15) is 11.8 Å². The van der Waals surface area contributed by atoms with E-state index in [2.05, 4.69) is 0 Å². The number of esters is 1. The Morgan fingerprint density at radius 3 is 2.45 bits per heavy atom. The van der Waals surface area contributed by atoms with Crippen molar-refractivity contribution in [2.75, 3.05) is 20.2 Å². The lowest BCUT2D eigenvalue weighted by molar-refractivity contribution is -0.146. The van der Waals surface area contributed by atoms with Crippen LogP contribution in [0, 0.1) is 0 Å². The van der Waals surface area contributed by atoms with Crippen LogP contribution in [-0.2, 0) is 24.2 Å². The maximum atomic E-state index is 12.7. The summed E-state index contributed by atoms with van der Waals surface area (Å²) in [5.74, 6) is -0.626. The number of likely N-dealkylation sites (tertiary alicyclic amines) is 1. The largest absolute Gasteiger partial charge is 0.468 e. The molecule has 0 aromatic heterocycles. The highest BCUT2D eigenvalue weighted by atomic mass is 32.2. The van der Waals surface area contributed by atoms with Crippen LogP contribution in [0.3, 0.4) is 0 Å². The zero-order chi connectivity index (χ0) is 16.3. The van der Waals surface area contributed by atoms with Gasteiger partial charge in [-0.1, -0.05) is 18.2 Å². The van der Waals surface area contributed by atoms with Crippen molar-refractivity contribution in [1.82, 2.24) is 4.90 Å². The second-order valence-corrected chi connectivity index (χ2v) is 7.61. The van der Waals surface area contributed by atoms with Gasteiger partial charge in [0.25, 0.3) is 0 Å². The average molecular weight is 325 g/mol. The molecule has 7 heteroatoms. The SMILES string of the molecule is COC(=O)[C@@H]1C[C@@H](S(=O)(=O)c2ccccc2)CN1CC(C)=O. The Kier molecular flexibility index (Phi) is 4.97. The average Bonchev–Trinajstić information content (AvgIpc) is 2.91. The minimum Gasteiger partial charge on any atom is -0.468 e. The second-order valence-electron chi connectivity index (χ2n) is 5.39. The molecule has 0 amide bonds. The molecule has 0 spiro atoms. The minimum absolute atomic E-state index is 0.0422. The molecule has 22 heavy (non-hydrogen) atoms. The number of hydrogen-bond donors (Lipinski definition) is 0. The molecule has 0 saturated carbocycles. The van der Waals surface area contributed by atoms with Gasteiger partial charge in [0.05, 0.1) is 23.8 Å². The third-order valence-electron chi connectivity index (χ3n) is 3.77. The Labute approximate surface area is 130 Å². The molecule has 1 aliphatic rings. The summed E-state index contributed by atoms with van der Waals surface area (Å²) in [7, 11) is -2.29. The molecule has 1 aromatic carbocycles. The fraction of sp³-hybridized carbons (Fsp3) is 0.467. The van der Waals surface area contributed by atoms with E-state index in [1.807, 2.05) is 0 Å². The van der Waals surface area contributed by atoms with E-state index in [9.17, 15) is 18.0 Å². The van der Waals surface area contributed by atoms with Gasteiger partial charge in [0.2, 0.25) is 0 Å². The monoisotopic (exact) mass is 325 g/mol. The number of sulfone groups is 1. The van der Waals surface area contributed by atoms with E-state index < -0.39 is 27.1 Å². The van der Waals surface area contributed by atoms with Crippen molar-refractivity contribution in [3.63, 3.8) is 0 Å². The zero-order valence-corrected chi connectivity index (χ0v) is 13.4. The number of ketones is 1. The van der Waals surface area contributed by atoms with Gasteiger partial charge in [0.15, 0.2) is 9.84 Å².